The largest absolute Gasteiger partial charge is 0.376 e. The summed E-state index contributed by atoms with van der Waals surface area (Å²) in [7, 11) is 0. The van der Waals surface area contributed by atoms with Crippen LogP contribution in [-0.4, -0.2) is 27.7 Å². The first kappa shape index (κ1) is 17.2. The summed E-state index contributed by atoms with van der Waals surface area (Å²) in [6.45, 7) is 3.15. The van der Waals surface area contributed by atoms with E-state index in [0.29, 0.717) is 30.9 Å². The lowest BCUT2D eigenvalue weighted by atomic mass is 10.0. The van der Waals surface area contributed by atoms with Crippen molar-refractivity contribution in [3.05, 3.63) is 69.3 Å². The number of anilines is 1. The number of hydrogen-bond donors (Lipinski definition) is 3. The van der Waals surface area contributed by atoms with Gasteiger partial charge in [0.25, 0.3) is 5.91 Å². The molecule has 3 N–H and O–H groups in total. The molecule has 3 heterocycles. The van der Waals surface area contributed by atoms with E-state index >= 15 is 0 Å². The lowest BCUT2D eigenvalue weighted by Crippen LogP contribution is -2.17. The molecule has 7 nitrogen and oxygen atoms in total. The zero-order valence-electron chi connectivity index (χ0n) is 15.0. The Kier molecular flexibility index (Phi) is 4.60. The molecule has 0 spiro atoms. The lowest BCUT2D eigenvalue weighted by molar-refractivity contribution is 0.102. The van der Waals surface area contributed by atoms with Gasteiger partial charge in [-0.15, -0.1) is 0 Å². The molecule has 0 unspecified atom stereocenters. The summed E-state index contributed by atoms with van der Waals surface area (Å²) in [4.78, 5) is 27.0. The van der Waals surface area contributed by atoms with Crippen LogP contribution in [0.1, 0.15) is 34.2 Å². The van der Waals surface area contributed by atoms with Crippen LogP contribution in [0.2, 0.25) is 0 Å². The van der Waals surface area contributed by atoms with E-state index in [1.54, 1.807) is 6.07 Å². The second-order valence-corrected chi connectivity index (χ2v) is 6.48. The molecule has 27 heavy (non-hydrogen) atoms. The maximum atomic E-state index is 12.6. The highest BCUT2D eigenvalue weighted by Crippen LogP contribution is 2.29. The average molecular weight is 364 g/mol. The number of aromatic amines is 2. The van der Waals surface area contributed by atoms with Gasteiger partial charge in [0.05, 0.1) is 18.9 Å². The van der Waals surface area contributed by atoms with Crippen LogP contribution in [0, 0.1) is 0 Å². The van der Waals surface area contributed by atoms with Crippen LogP contribution < -0.4 is 10.9 Å². The molecule has 0 bridgehead atoms. The molecule has 7 heteroatoms. The minimum absolute atomic E-state index is 0.281. The highest BCUT2D eigenvalue weighted by atomic mass is 16.5. The first-order valence-corrected chi connectivity index (χ1v) is 8.93. The van der Waals surface area contributed by atoms with Crippen molar-refractivity contribution in [2.75, 3.05) is 11.9 Å². The van der Waals surface area contributed by atoms with E-state index in [2.05, 4.69) is 20.5 Å². The van der Waals surface area contributed by atoms with Crippen LogP contribution in [0.5, 0.6) is 0 Å². The van der Waals surface area contributed by atoms with Gasteiger partial charge in [-0.25, -0.2) is 0 Å². The van der Waals surface area contributed by atoms with E-state index < -0.39 is 0 Å². The van der Waals surface area contributed by atoms with E-state index in [9.17, 15) is 9.59 Å². The molecule has 4 rings (SSSR count). The Morgan fingerprint density at radius 1 is 1.30 bits per heavy atom. The van der Waals surface area contributed by atoms with Gasteiger partial charge in [0.15, 0.2) is 0 Å². The summed E-state index contributed by atoms with van der Waals surface area (Å²) >= 11 is 0. The standard InChI is InChI=1S/C20H20N4O3/c1-2-14-9-13(10-18(25)21-14)20(26)22-15-5-3-4-12(8-15)19-16-11-27-7-6-17(16)23-24-19/h3-5,8-10H,2,6-7,11H2,1H3,(H,21,25)(H,22,26)(H,23,24). The third kappa shape index (κ3) is 3.54. The topological polar surface area (TPSA) is 99.9 Å². The molecule has 138 valence electrons. The smallest absolute Gasteiger partial charge is 0.255 e. The number of hydrogen-bond acceptors (Lipinski definition) is 4. The van der Waals surface area contributed by atoms with Gasteiger partial charge in [-0.05, 0) is 24.6 Å². The molecule has 0 saturated heterocycles. The van der Waals surface area contributed by atoms with Gasteiger partial charge >= 0.3 is 0 Å². The predicted molar refractivity (Wildman–Crippen MR) is 102 cm³/mol. The van der Waals surface area contributed by atoms with E-state index in [1.165, 1.54) is 6.07 Å². The molecule has 1 amide bonds. The third-order valence-corrected chi connectivity index (χ3v) is 4.63. The molecular formula is C20H20N4O3. The zero-order valence-corrected chi connectivity index (χ0v) is 15.0. The van der Waals surface area contributed by atoms with Crippen molar-refractivity contribution in [3.8, 4) is 11.3 Å². The molecule has 0 aliphatic carbocycles. The second-order valence-electron chi connectivity index (χ2n) is 6.48. The fourth-order valence-electron chi connectivity index (χ4n) is 3.22. The number of nitrogens with zero attached hydrogens (tertiary/aromatic N) is 1. The number of ether oxygens (including phenoxy) is 1. The lowest BCUT2D eigenvalue weighted by Gasteiger charge is -2.13. The van der Waals surface area contributed by atoms with Gasteiger partial charge in [0, 0.05) is 46.3 Å². The number of pyridine rings is 1. The molecule has 0 radical (unpaired) electrons. The number of amides is 1. The molecule has 2 aromatic heterocycles. The highest BCUT2D eigenvalue weighted by Gasteiger charge is 2.18. The van der Waals surface area contributed by atoms with Gasteiger partial charge in [-0.2, -0.15) is 5.10 Å². The number of aromatic nitrogens is 3. The number of fused-ring (bicyclic) bond motifs is 1. The second kappa shape index (κ2) is 7.20. The summed E-state index contributed by atoms with van der Waals surface area (Å²) in [6.07, 6.45) is 1.47. The molecule has 0 fully saturated rings. The molecule has 3 aromatic rings. The van der Waals surface area contributed by atoms with Crippen LogP contribution in [-0.2, 0) is 24.2 Å². The van der Waals surface area contributed by atoms with Gasteiger partial charge in [-0.3, -0.25) is 14.7 Å². The minimum atomic E-state index is -0.319. The molecule has 1 aromatic carbocycles. The van der Waals surface area contributed by atoms with Crippen LogP contribution in [0.3, 0.4) is 0 Å². The van der Waals surface area contributed by atoms with E-state index in [0.717, 1.165) is 34.6 Å². The Morgan fingerprint density at radius 3 is 3.04 bits per heavy atom. The summed E-state index contributed by atoms with van der Waals surface area (Å²) in [6, 6.07) is 10.5. The van der Waals surface area contributed by atoms with Gasteiger partial charge in [0.1, 0.15) is 0 Å². The number of carbonyl (C=O) groups excluding carboxylic acids is 1. The maximum absolute atomic E-state index is 12.6. The number of rotatable bonds is 4. The molecule has 1 aliphatic heterocycles. The Bertz CT molecular complexity index is 1050. The number of aryl methyl sites for hydroxylation is 1. The summed E-state index contributed by atoms with van der Waals surface area (Å²) in [5, 5.41) is 10.3. The predicted octanol–water partition coefficient (Wildman–Crippen LogP) is 2.65. The molecular weight excluding hydrogens is 344 g/mol. The van der Waals surface area contributed by atoms with Crippen molar-refractivity contribution in [1.82, 2.24) is 15.2 Å². The van der Waals surface area contributed by atoms with E-state index in [-0.39, 0.29) is 11.5 Å². The van der Waals surface area contributed by atoms with Gasteiger partial charge in [-0.1, -0.05) is 19.1 Å². The van der Waals surface area contributed by atoms with Crippen molar-refractivity contribution in [1.29, 1.82) is 0 Å². The summed E-state index contributed by atoms with van der Waals surface area (Å²) in [5.41, 5.74) is 5.33. The number of nitrogens with one attached hydrogen (secondary N) is 3. The average Bonchev–Trinajstić information content (AvgIpc) is 3.12. The Balaban J connectivity index is 1.60. The van der Waals surface area contributed by atoms with Crippen LogP contribution in [0.25, 0.3) is 11.3 Å². The van der Waals surface area contributed by atoms with Crippen molar-refractivity contribution < 1.29 is 9.53 Å². The molecule has 0 saturated carbocycles. The third-order valence-electron chi connectivity index (χ3n) is 4.63. The van der Waals surface area contributed by atoms with E-state index in [1.807, 2.05) is 31.2 Å². The van der Waals surface area contributed by atoms with Crippen LogP contribution in [0.4, 0.5) is 5.69 Å². The van der Waals surface area contributed by atoms with E-state index in [4.69, 9.17) is 4.74 Å². The maximum Gasteiger partial charge on any atom is 0.255 e. The molecule has 0 atom stereocenters. The number of carbonyl (C=O) groups is 1. The van der Waals surface area contributed by atoms with Crippen molar-refractivity contribution in [3.63, 3.8) is 0 Å². The fraction of sp³-hybridized carbons (Fsp3) is 0.250. The monoisotopic (exact) mass is 364 g/mol. The fourth-order valence-corrected chi connectivity index (χ4v) is 3.22. The normalized spacial score (nSPS) is 13.2. The number of H-pyrrole nitrogens is 2. The van der Waals surface area contributed by atoms with Crippen molar-refractivity contribution in [2.24, 2.45) is 0 Å². The summed E-state index contributed by atoms with van der Waals surface area (Å²) < 4.78 is 5.54. The summed E-state index contributed by atoms with van der Waals surface area (Å²) in [5.74, 6) is -0.319. The van der Waals surface area contributed by atoms with Gasteiger partial charge in [0.2, 0.25) is 5.56 Å². The van der Waals surface area contributed by atoms with Crippen molar-refractivity contribution >= 4 is 11.6 Å². The number of benzene rings is 1. The zero-order chi connectivity index (χ0) is 18.8. The first-order chi connectivity index (χ1) is 13.1. The Labute approximate surface area is 155 Å². The van der Waals surface area contributed by atoms with Crippen LogP contribution in [0.15, 0.2) is 41.2 Å². The van der Waals surface area contributed by atoms with Crippen molar-refractivity contribution in [2.45, 2.75) is 26.4 Å². The first-order valence-electron chi connectivity index (χ1n) is 8.93. The minimum Gasteiger partial charge on any atom is -0.376 e. The quantitative estimate of drug-likeness (QED) is 0.663. The molecule has 1 aliphatic rings. The highest BCUT2D eigenvalue weighted by molar-refractivity contribution is 6.04. The Hall–Kier alpha value is -3.19. The van der Waals surface area contributed by atoms with Crippen LogP contribution >= 0.6 is 0 Å². The Morgan fingerprint density at radius 2 is 2.19 bits per heavy atom. The SMILES string of the molecule is CCc1cc(C(=O)Nc2cccc(-c3n[nH]c4c3COCC4)c2)cc(=O)[nH]1. The van der Waals surface area contributed by atoms with Gasteiger partial charge < -0.3 is 15.0 Å².